The van der Waals surface area contributed by atoms with Crippen molar-refractivity contribution in [2.24, 2.45) is 0 Å². The zero-order chi connectivity index (χ0) is 28.3. The Bertz CT molecular complexity index is 1320. The minimum Gasteiger partial charge on any atom is -0.466 e. The van der Waals surface area contributed by atoms with E-state index in [1.807, 2.05) is 99.6 Å². The van der Waals surface area contributed by atoms with E-state index < -0.39 is 17.5 Å². The highest BCUT2D eigenvalue weighted by Gasteiger charge is 2.17. The first-order valence-electron chi connectivity index (χ1n) is 12.6. The number of hydrogen-bond donors (Lipinski definition) is 1. The molecule has 7 heteroatoms. The molecule has 3 aromatic rings. The zero-order valence-electron chi connectivity index (χ0n) is 22.7. The maximum Gasteiger partial charge on any atom is 0.331 e. The molecule has 0 fully saturated rings. The van der Waals surface area contributed by atoms with Gasteiger partial charge in [-0.25, -0.2) is 14.4 Å². The average Bonchev–Trinajstić information content (AvgIpc) is 2.92. The van der Waals surface area contributed by atoms with Crippen LogP contribution in [0.5, 0.6) is 0 Å². The summed E-state index contributed by atoms with van der Waals surface area (Å²) >= 11 is 0. The van der Waals surface area contributed by atoms with E-state index in [0.717, 1.165) is 22.3 Å². The van der Waals surface area contributed by atoms with E-state index in [1.165, 1.54) is 19.3 Å². The molecule has 0 aliphatic rings. The lowest BCUT2D eigenvalue weighted by molar-refractivity contribution is -0.148. The lowest BCUT2D eigenvalue weighted by atomic mass is 10.1. The van der Waals surface area contributed by atoms with Gasteiger partial charge < -0.3 is 14.8 Å². The summed E-state index contributed by atoms with van der Waals surface area (Å²) in [5, 5.41) is 2.99. The van der Waals surface area contributed by atoms with Gasteiger partial charge in [0.2, 0.25) is 0 Å². The van der Waals surface area contributed by atoms with Gasteiger partial charge in [0.1, 0.15) is 5.60 Å². The maximum absolute atomic E-state index is 13.4. The highest BCUT2D eigenvalue weighted by Crippen LogP contribution is 2.21. The van der Waals surface area contributed by atoms with E-state index in [2.05, 4.69) is 10.1 Å². The molecule has 3 rings (SSSR count). The Balaban J connectivity index is 1.80. The number of carbonyl (C=O) groups excluding carboxylic acids is 3. The third kappa shape index (κ3) is 9.97. The highest BCUT2D eigenvalue weighted by molar-refractivity contribution is 5.93. The number of benzene rings is 3. The minimum atomic E-state index is -0.553. The van der Waals surface area contributed by atoms with Gasteiger partial charge in [-0.2, -0.15) is 0 Å². The monoisotopic (exact) mass is 526 g/mol. The Morgan fingerprint density at radius 1 is 0.795 bits per heavy atom. The van der Waals surface area contributed by atoms with Crippen molar-refractivity contribution in [1.82, 2.24) is 5.32 Å². The van der Waals surface area contributed by atoms with Crippen LogP contribution in [0, 0.1) is 0 Å². The molecule has 3 aromatic carbocycles. The largest absolute Gasteiger partial charge is 0.466 e. The standard InChI is InChI=1S/C32H34N2O5/c1-32(2,3)39-30(36)20-17-24-13-15-27(16-14-24)23-34(31(37)33-22-26-9-6-5-7-10-26)28-12-8-11-25(21-28)18-19-29(35)38-4/h5-21H,22-23H2,1-4H3,(H,33,37)/b19-18+,20-17+. The first-order chi connectivity index (χ1) is 18.6. The fraction of sp³-hybridized carbons (Fsp3) is 0.219. The van der Waals surface area contributed by atoms with Crippen LogP contribution in [0.4, 0.5) is 10.5 Å². The van der Waals surface area contributed by atoms with Gasteiger partial charge in [0.15, 0.2) is 0 Å². The van der Waals surface area contributed by atoms with Crippen LogP contribution in [0.3, 0.4) is 0 Å². The van der Waals surface area contributed by atoms with Crippen LogP contribution < -0.4 is 10.2 Å². The molecule has 0 aliphatic carbocycles. The molecular formula is C32H34N2O5. The summed E-state index contributed by atoms with van der Waals surface area (Å²) in [5.41, 5.74) is 3.58. The number of rotatable bonds is 9. The summed E-state index contributed by atoms with van der Waals surface area (Å²) in [7, 11) is 1.32. The molecule has 0 atom stereocenters. The van der Waals surface area contributed by atoms with Crippen LogP contribution in [0.15, 0.2) is 91.0 Å². The molecule has 0 saturated carbocycles. The third-order valence-corrected chi connectivity index (χ3v) is 5.47. The molecule has 0 unspecified atom stereocenters. The topological polar surface area (TPSA) is 84.9 Å². The predicted octanol–water partition coefficient (Wildman–Crippen LogP) is 6.14. The second-order valence-electron chi connectivity index (χ2n) is 9.79. The van der Waals surface area contributed by atoms with Gasteiger partial charge in [-0.3, -0.25) is 4.90 Å². The Hall–Kier alpha value is -4.65. The van der Waals surface area contributed by atoms with Crippen molar-refractivity contribution in [3.63, 3.8) is 0 Å². The second kappa shape index (κ2) is 13.8. The molecule has 0 bridgehead atoms. The minimum absolute atomic E-state index is 0.262. The number of esters is 2. The van der Waals surface area contributed by atoms with Gasteiger partial charge >= 0.3 is 18.0 Å². The molecular weight excluding hydrogens is 492 g/mol. The lowest BCUT2D eigenvalue weighted by Gasteiger charge is -2.24. The molecule has 7 nitrogen and oxygen atoms in total. The first kappa shape index (κ1) is 28.9. The molecule has 39 heavy (non-hydrogen) atoms. The van der Waals surface area contributed by atoms with Gasteiger partial charge in [-0.1, -0.05) is 66.7 Å². The molecule has 0 aliphatic heterocycles. The van der Waals surface area contributed by atoms with Crippen molar-refractivity contribution in [2.45, 2.75) is 39.5 Å². The normalized spacial score (nSPS) is 11.4. The zero-order valence-corrected chi connectivity index (χ0v) is 22.7. The number of nitrogens with one attached hydrogen (secondary N) is 1. The first-order valence-corrected chi connectivity index (χ1v) is 12.6. The lowest BCUT2D eigenvalue weighted by Crippen LogP contribution is -2.39. The maximum atomic E-state index is 13.4. The van der Waals surface area contributed by atoms with Gasteiger partial charge in [0.05, 0.1) is 13.7 Å². The molecule has 1 N–H and O–H groups in total. The van der Waals surface area contributed by atoms with Crippen LogP contribution in [-0.2, 0) is 32.2 Å². The molecule has 0 saturated heterocycles. The highest BCUT2D eigenvalue weighted by atomic mass is 16.6. The Labute approximate surface area is 229 Å². The number of urea groups is 1. The summed E-state index contributed by atoms with van der Waals surface area (Å²) in [6.45, 7) is 6.15. The van der Waals surface area contributed by atoms with Crippen LogP contribution in [0.2, 0.25) is 0 Å². The summed E-state index contributed by atoms with van der Waals surface area (Å²) in [6, 6.07) is 24.3. The molecule has 0 spiro atoms. The van der Waals surface area contributed by atoms with Crippen molar-refractivity contribution in [2.75, 3.05) is 12.0 Å². The van der Waals surface area contributed by atoms with Crippen molar-refractivity contribution in [1.29, 1.82) is 0 Å². The van der Waals surface area contributed by atoms with E-state index in [9.17, 15) is 14.4 Å². The number of methoxy groups -OCH3 is 1. The fourth-order valence-electron chi connectivity index (χ4n) is 3.59. The van der Waals surface area contributed by atoms with E-state index in [-0.39, 0.29) is 6.03 Å². The molecule has 2 amide bonds. The quantitative estimate of drug-likeness (QED) is 0.267. The van der Waals surface area contributed by atoms with Crippen molar-refractivity contribution in [3.05, 3.63) is 113 Å². The summed E-state index contributed by atoms with van der Waals surface area (Å²) in [4.78, 5) is 38.5. The number of ether oxygens (including phenoxy) is 2. The Morgan fingerprint density at radius 3 is 2.13 bits per heavy atom. The summed E-state index contributed by atoms with van der Waals surface area (Å²) in [5.74, 6) is -0.868. The van der Waals surface area contributed by atoms with Crippen molar-refractivity contribution < 1.29 is 23.9 Å². The van der Waals surface area contributed by atoms with Crippen molar-refractivity contribution >= 4 is 35.8 Å². The van der Waals surface area contributed by atoms with Crippen LogP contribution >= 0.6 is 0 Å². The number of carbonyl (C=O) groups is 3. The van der Waals surface area contributed by atoms with Crippen LogP contribution in [0.1, 0.15) is 43.0 Å². The van der Waals surface area contributed by atoms with E-state index >= 15 is 0 Å². The molecule has 0 radical (unpaired) electrons. The molecule has 202 valence electrons. The number of amides is 2. The smallest absolute Gasteiger partial charge is 0.331 e. The third-order valence-electron chi connectivity index (χ3n) is 5.47. The van der Waals surface area contributed by atoms with Gasteiger partial charge in [-0.15, -0.1) is 0 Å². The summed E-state index contributed by atoms with van der Waals surface area (Å²) in [6.07, 6.45) is 6.07. The number of nitrogens with zero attached hydrogens (tertiary/aromatic N) is 1. The van der Waals surface area contributed by atoms with E-state index in [0.29, 0.717) is 18.8 Å². The average molecular weight is 527 g/mol. The number of anilines is 1. The van der Waals surface area contributed by atoms with Crippen LogP contribution in [-0.4, -0.2) is 30.7 Å². The number of hydrogen-bond acceptors (Lipinski definition) is 5. The van der Waals surface area contributed by atoms with E-state index in [4.69, 9.17) is 4.74 Å². The van der Waals surface area contributed by atoms with E-state index in [1.54, 1.807) is 17.1 Å². The van der Waals surface area contributed by atoms with Gasteiger partial charge in [0.25, 0.3) is 0 Å². The van der Waals surface area contributed by atoms with Gasteiger partial charge in [0, 0.05) is 24.4 Å². The van der Waals surface area contributed by atoms with Gasteiger partial charge in [-0.05, 0) is 67.3 Å². The summed E-state index contributed by atoms with van der Waals surface area (Å²) < 4.78 is 9.98. The SMILES string of the molecule is COC(=O)/C=C/c1cccc(N(Cc2ccc(/C=C/C(=O)OC(C)(C)C)cc2)C(=O)NCc2ccccc2)c1. The van der Waals surface area contributed by atoms with Crippen molar-refractivity contribution in [3.8, 4) is 0 Å². The molecule has 0 heterocycles. The fourth-order valence-corrected chi connectivity index (χ4v) is 3.59. The molecule has 0 aromatic heterocycles. The second-order valence-corrected chi connectivity index (χ2v) is 9.79. The predicted molar refractivity (Wildman–Crippen MR) is 154 cm³/mol. The Kier molecular flexibility index (Phi) is 10.2. The van der Waals surface area contributed by atoms with Crippen LogP contribution in [0.25, 0.3) is 12.2 Å². The Morgan fingerprint density at radius 2 is 1.46 bits per heavy atom.